The molecule has 1 fully saturated rings. The first-order valence-electron chi connectivity index (χ1n) is 8.97. The van der Waals surface area contributed by atoms with E-state index in [1.54, 1.807) is 12.1 Å². The van der Waals surface area contributed by atoms with Crippen molar-refractivity contribution < 1.29 is 10.2 Å². The average molecular weight is 336 g/mol. The van der Waals surface area contributed by atoms with Crippen LogP contribution in [0.2, 0.25) is 0 Å². The van der Waals surface area contributed by atoms with Crippen molar-refractivity contribution in [3.8, 4) is 11.5 Å². The average Bonchev–Trinajstić information content (AvgIpc) is 2.48. The zero-order chi connectivity index (χ0) is 18.2. The second-order valence-electron chi connectivity index (χ2n) is 8.87. The van der Waals surface area contributed by atoms with Gasteiger partial charge in [-0.1, -0.05) is 69.7 Å². The van der Waals surface area contributed by atoms with Crippen LogP contribution in [-0.4, -0.2) is 10.2 Å². The minimum atomic E-state index is 0.192. The van der Waals surface area contributed by atoms with Crippen LogP contribution in [0, 0.1) is 10.8 Å². The highest BCUT2D eigenvalue weighted by Crippen LogP contribution is 2.52. The molecule has 1 aliphatic rings. The molecule has 0 saturated heterocycles. The van der Waals surface area contributed by atoms with Crippen molar-refractivity contribution in [1.29, 1.82) is 0 Å². The van der Waals surface area contributed by atoms with Gasteiger partial charge >= 0.3 is 0 Å². The molecule has 0 amide bonds. The zero-order valence-electron chi connectivity index (χ0n) is 15.6. The van der Waals surface area contributed by atoms with E-state index < -0.39 is 0 Å². The fourth-order valence-corrected chi connectivity index (χ4v) is 4.71. The number of phenolic OH excluding ortho intramolecular Hbond substituents is 2. The van der Waals surface area contributed by atoms with Gasteiger partial charge in [0.05, 0.1) is 0 Å². The van der Waals surface area contributed by atoms with Crippen molar-refractivity contribution in [3.05, 3.63) is 65.2 Å². The molecular weight excluding hydrogens is 308 g/mol. The van der Waals surface area contributed by atoms with Crippen molar-refractivity contribution in [2.45, 2.75) is 47.0 Å². The van der Waals surface area contributed by atoms with Gasteiger partial charge in [-0.25, -0.2) is 0 Å². The van der Waals surface area contributed by atoms with Gasteiger partial charge in [-0.15, -0.1) is 0 Å². The number of rotatable bonds is 2. The number of allylic oxidation sites excluding steroid dienone is 1. The predicted octanol–water partition coefficient (Wildman–Crippen LogP) is 6.14. The lowest BCUT2D eigenvalue weighted by atomic mass is 9.62. The minimum absolute atomic E-state index is 0.192. The van der Waals surface area contributed by atoms with E-state index in [9.17, 15) is 10.2 Å². The van der Waals surface area contributed by atoms with Crippen molar-refractivity contribution in [2.24, 2.45) is 10.8 Å². The van der Waals surface area contributed by atoms with Gasteiger partial charge in [0.1, 0.15) is 11.5 Å². The Morgan fingerprint density at radius 3 is 1.52 bits per heavy atom. The van der Waals surface area contributed by atoms with Crippen LogP contribution >= 0.6 is 0 Å². The van der Waals surface area contributed by atoms with Crippen LogP contribution in [0.15, 0.2) is 54.1 Å². The fraction of sp³-hybridized carbons (Fsp3) is 0.391. The summed E-state index contributed by atoms with van der Waals surface area (Å²) in [6.45, 7) is 9.23. The Labute approximate surface area is 150 Å². The van der Waals surface area contributed by atoms with Gasteiger partial charge in [-0.05, 0) is 47.8 Å². The Hall–Kier alpha value is -2.22. The van der Waals surface area contributed by atoms with E-state index in [1.807, 2.05) is 36.4 Å². The van der Waals surface area contributed by atoms with Crippen LogP contribution in [-0.2, 0) is 0 Å². The van der Waals surface area contributed by atoms with E-state index in [2.05, 4.69) is 27.7 Å². The SMILES string of the molecule is CC1(C)CC(=C(c2ccccc2O)c2ccccc2O)CC(C)(C)C1. The third-order valence-electron chi connectivity index (χ3n) is 5.04. The highest BCUT2D eigenvalue weighted by atomic mass is 16.3. The maximum Gasteiger partial charge on any atom is 0.123 e. The zero-order valence-corrected chi connectivity index (χ0v) is 15.6. The molecule has 0 heterocycles. The van der Waals surface area contributed by atoms with Gasteiger partial charge in [0.2, 0.25) is 0 Å². The lowest BCUT2D eigenvalue weighted by molar-refractivity contribution is 0.154. The van der Waals surface area contributed by atoms with Crippen molar-refractivity contribution in [2.75, 3.05) is 0 Å². The van der Waals surface area contributed by atoms with Crippen LogP contribution in [0.4, 0.5) is 0 Å². The Bertz CT molecular complexity index is 747. The number of para-hydroxylation sites is 2. The molecule has 1 aliphatic carbocycles. The monoisotopic (exact) mass is 336 g/mol. The van der Waals surface area contributed by atoms with Gasteiger partial charge in [0, 0.05) is 11.1 Å². The third-order valence-corrected chi connectivity index (χ3v) is 5.04. The van der Waals surface area contributed by atoms with Gasteiger partial charge < -0.3 is 10.2 Å². The summed E-state index contributed by atoms with van der Waals surface area (Å²) in [5.41, 5.74) is 4.27. The molecule has 0 radical (unpaired) electrons. The van der Waals surface area contributed by atoms with Crippen LogP contribution in [0.3, 0.4) is 0 Å². The first-order chi connectivity index (χ1) is 11.7. The van der Waals surface area contributed by atoms with E-state index in [1.165, 1.54) is 12.0 Å². The van der Waals surface area contributed by atoms with E-state index in [4.69, 9.17) is 0 Å². The minimum Gasteiger partial charge on any atom is -0.507 e. The van der Waals surface area contributed by atoms with Gasteiger partial charge in [-0.3, -0.25) is 0 Å². The molecule has 0 aliphatic heterocycles. The molecule has 2 heteroatoms. The molecule has 0 spiro atoms. The molecule has 2 nitrogen and oxygen atoms in total. The summed E-state index contributed by atoms with van der Waals surface area (Å²) in [7, 11) is 0. The molecule has 1 saturated carbocycles. The van der Waals surface area contributed by atoms with Crippen LogP contribution in [0.1, 0.15) is 58.1 Å². The molecular formula is C23H28O2. The highest BCUT2D eigenvalue weighted by molar-refractivity contribution is 5.87. The largest absolute Gasteiger partial charge is 0.507 e. The second-order valence-corrected chi connectivity index (χ2v) is 8.87. The Kier molecular flexibility index (Phi) is 4.40. The molecule has 0 unspecified atom stereocenters. The molecule has 2 N–H and O–H groups in total. The first-order valence-corrected chi connectivity index (χ1v) is 8.97. The summed E-state index contributed by atoms with van der Waals surface area (Å²) in [4.78, 5) is 0. The summed E-state index contributed by atoms with van der Waals surface area (Å²) >= 11 is 0. The molecule has 132 valence electrons. The maximum absolute atomic E-state index is 10.5. The van der Waals surface area contributed by atoms with Crippen molar-refractivity contribution in [3.63, 3.8) is 0 Å². The molecule has 25 heavy (non-hydrogen) atoms. The van der Waals surface area contributed by atoms with Crippen molar-refractivity contribution in [1.82, 2.24) is 0 Å². The summed E-state index contributed by atoms with van der Waals surface area (Å²) < 4.78 is 0. The van der Waals surface area contributed by atoms with Crippen LogP contribution in [0.5, 0.6) is 11.5 Å². The number of hydrogen-bond acceptors (Lipinski definition) is 2. The second kappa shape index (κ2) is 6.25. The molecule has 2 aromatic carbocycles. The number of phenols is 2. The standard InChI is InChI=1S/C23H28O2/c1-22(2)13-16(14-23(3,4)15-22)21(17-9-5-7-11-19(17)24)18-10-6-8-12-20(18)25/h5-12,24-25H,13-15H2,1-4H3. The van der Waals surface area contributed by atoms with Gasteiger partial charge in [0.25, 0.3) is 0 Å². The topological polar surface area (TPSA) is 40.5 Å². The summed E-state index contributed by atoms with van der Waals surface area (Å²) in [5.74, 6) is 0.517. The molecule has 2 aromatic rings. The first kappa shape index (κ1) is 17.6. The van der Waals surface area contributed by atoms with Gasteiger partial charge in [-0.2, -0.15) is 0 Å². The lowest BCUT2D eigenvalue weighted by Crippen LogP contribution is -2.30. The smallest absolute Gasteiger partial charge is 0.123 e. The van der Waals surface area contributed by atoms with E-state index in [-0.39, 0.29) is 22.3 Å². The predicted molar refractivity (Wildman–Crippen MR) is 104 cm³/mol. The highest BCUT2D eigenvalue weighted by Gasteiger charge is 2.37. The molecule has 0 aromatic heterocycles. The van der Waals surface area contributed by atoms with Crippen LogP contribution in [0.25, 0.3) is 5.57 Å². The summed E-state index contributed by atoms with van der Waals surface area (Å²) in [6.07, 6.45) is 3.10. The Morgan fingerprint density at radius 2 is 1.12 bits per heavy atom. The number of hydrogen-bond donors (Lipinski definition) is 2. The Morgan fingerprint density at radius 1 is 0.720 bits per heavy atom. The number of aromatic hydroxyl groups is 2. The van der Waals surface area contributed by atoms with E-state index >= 15 is 0 Å². The summed E-state index contributed by atoms with van der Waals surface area (Å²) in [6, 6.07) is 14.9. The maximum atomic E-state index is 10.5. The quantitative estimate of drug-likeness (QED) is 0.692. The fourth-order valence-electron chi connectivity index (χ4n) is 4.71. The Balaban J connectivity index is 2.28. The van der Waals surface area contributed by atoms with E-state index in [0.29, 0.717) is 0 Å². The van der Waals surface area contributed by atoms with E-state index in [0.717, 1.165) is 29.5 Å². The van der Waals surface area contributed by atoms with Gasteiger partial charge in [0.15, 0.2) is 0 Å². The molecule has 0 bridgehead atoms. The molecule has 0 atom stereocenters. The molecule has 3 rings (SSSR count). The van der Waals surface area contributed by atoms with Crippen LogP contribution < -0.4 is 0 Å². The summed E-state index contributed by atoms with van der Waals surface area (Å²) in [5, 5.41) is 21.0. The van der Waals surface area contributed by atoms with Crippen molar-refractivity contribution >= 4 is 5.57 Å². The normalized spacial score (nSPS) is 18.8. The third kappa shape index (κ3) is 3.73. The lowest BCUT2D eigenvalue weighted by Gasteiger charge is -2.43. The number of benzene rings is 2.